The molecule has 0 bridgehead atoms. The number of pyridine rings is 1. The Kier molecular flexibility index (Phi) is 4.51. The summed E-state index contributed by atoms with van der Waals surface area (Å²) in [6.07, 6.45) is 0.697. The molecular weight excluding hydrogens is 216 g/mol. The molecule has 5 nitrogen and oxygen atoms in total. The van der Waals surface area contributed by atoms with Crippen molar-refractivity contribution in [1.82, 2.24) is 4.98 Å². The average molecular weight is 228 g/mol. The minimum absolute atomic E-state index is 0.0431. The van der Waals surface area contributed by atoms with Crippen molar-refractivity contribution in [3.8, 4) is 0 Å². The van der Waals surface area contributed by atoms with Gasteiger partial charge in [-0.15, -0.1) is 11.8 Å². The molecule has 1 heterocycles. The highest BCUT2D eigenvalue weighted by Gasteiger charge is 2.11. The molecule has 0 aliphatic rings. The molecule has 0 radical (unpaired) electrons. The number of hydrogen-bond donors (Lipinski definition) is 1. The number of aliphatic hydroxyl groups excluding tert-OH is 1. The van der Waals surface area contributed by atoms with Crippen LogP contribution in [0.3, 0.4) is 0 Å². The molecule has 0 amide bonds. The molecule has 1 aromatic rings. The molecule has 1 aromatic heterocycles. The highest BCUT2D eigenvalue weighted by atomic mass is 32.2. The summed E-state index contributed by atoms with van der Waals surface area (Å²) in [5.41, 5.74) is 0.468. The van der Waals surface area contributed by atoms with Gasteiger partial charge in [-0.25, -0.2) is 4.98 Å². The fraction of sp³-hybridized carbons (Fsp3) is 0.444. The van der Waals surface area contributed by atoms with Crippen LogP contribution in [0.25, 0.3) is 0 Å². The number of nitro groups is 1. The van der Waals surface area contributed by atoms with Crippen LogP contribution in [0.5, 0.6) is 0 Å². The van der Waals surface area contributed by atoms with Crippen LogP contribution in [-0.4, -0.2) is 27.4 Å². The van der Waals surface area contributed by atoms with Crippen LogP contribution < -0.4 is 0 Å². The predicted octanol–water partition coefficient (Wildman–Crippen LogP) is 1.77. The van der Waals surface area contributed by atoms with Gasteiger partial charge in [0.2, 0.25) is 0 Å². The summed E-state index contributed by atoms with van der Waals surface area (Å²) in [6, 6.07) is 3.09. The van der Waals surface area contributed by atoms with Crippen molar-refractivity contribution < 1.29 is 10.0 Å². The van der Waals surface area contributed by atoms with Gasteiger partial charge in [-0.3, -0.25) is 10.1 Å². The minimum atomic E-state index is -0.440. The number of hydrogen-bond acceptors (Lipinski definition) is 5. The van der Waals surface area contributed by atoms with Gasteiger partial charge in [-0.1, -0.05) is 0 Å². The van der Waals surface area contributed by atoms with Gasteiger partial charge in [-0.05, 0) is 19.4 Å². The average Bonchev–Trinajstić information content (AvgIpc) is 2.17. The van der Waals surface area contributed by atoms with Crippen molar-refractivity contribution in [2.75, 3.05) is 12.4 Å². The first-order valence-electron chi connectivity index (χ1n) is 4.51. The standard InChI is InChI=1S/C9H12N2O3S/c1-7-8(11(13)14)3-4-9(10-7)15-6-2-5-12/h3-4,12H,2,5-6H2,1H3. The quantitative estimate of drug-likeness (QED) is 0.360. The summed E-state index contributed by atoms with van der Waals surface area (Å²) in [6.45, 7) is 1.77. The largest absolute Gasteiger partial charge is 0.396 e. The summed E-state index contributed by atoms with van der Waals surface area (Å²) in [4.78, 5) is 14.2. The van der Waals surface area contributed by atoms with Gasteiger partial charge in [0.25, 0.3) is 5.69 Å². The van der Waals surface area contributed by atoms with Crippen LogP contribution in [0.4, 0.5) is 5.69 Å². The van der Waals surface area contributed by atoms with Crippen molar-refractivity contribution in [3.63, 3.8) is 0 Å². The third kappa shape index (κ3) is 3.49. The van der Waals surface area contributed by atoms with E-state index in [4.69, 9.17) is 5.11 Å². The van der Waals surface area contributed by atoms with Crippen LogP contribution in [0.15, 0.2) is 17.2 Å². The van der Waals surface area contributed by atoms with Crippen molar-refractivity contribution in [2.24, 2.45) is 0 Å². The number of aromatic nitrogens is 1. The number of rotatable bonds is 5. The highest BCUT2D eigenvalue weighted by molar-refractivity contribution is 7.99. The first-order valence-corrected chi connectivity index (χ1v) is 5.49. The van der Waals surface area contributed by atoms with Crippen molar-refractivity contribution >= 4 is 17.4 Å². The molecular formula is C9H12N2O3S. The third-order valence-corrected chi connectivity index (χ3v) is 2.80. The van der Waals surface area contributed by atoms with E-state index >= 15 is 0 Å². The summed E-state index contributed by atoms with van der Waals surface area (Å²) in [7, 11) is 0. The lowest BCUT2D eigenvalue weighted by Gasteiger charge is -2.01. The Bertz CT molecular complexity index is 357. The Labute approximate surface area is 91.7 Å². The van der Waals surface area contributed by atoms with Crippen LogP contribution in [0, 0.1) is 17.0 Å². The smallest absolute Gasteiger partial charge is 0.290 e. The van der Waals surface area contributed by atoms with Gasteiger partial charge >= 0.3 is 0 Å². The maximum atomic E-state index is 10.5. The summed E-state index contributed by atoms with van der Waals surface area (Å²) in [5.74, 6) is 0.765. The lowest BCUT2D eigenvalue weighted by molar-refractivity contribution is -0.385. The zero-order chi connectivity index (χ0) is 11.3. The Balaban J connectivity index is 2.69. The molecule has 0 spiro atoms. The zero-order valence-corrected chi connectivity index (χ0v) is 9.16. The van der Waals surface area contributed by atoms with Gasteiger partial charge in [0.1, 0.15) is 5.69 Å². The SMILES string of the molecule is Cc1nc(SCCCO)ccc1[N+](=O)[O-]. The van der Waals surface area contributed by atoms with E-state index in [2.05, 4.69) is 4.98 Å². The van der Waals surface area contributed by atoms with E-state index in [0.717, 1.165) is 10.8 Å². The Morgan fingerprint density at radius 2 is 2.33 bits per heavy atom. The zero-order valence-electron chi connectivity index (χ0n) is 8.34. The number of aliphatic hydroxyl groups is 1. The third-order valence-electron chi connectivity index (χ3n) is 1.78. The fourth-order valence-electron chi connectivity index (χ4n) is 1.05. The second-order valence-corrected chi connectivity index (χ2v) is 4.05. The molecule has 0 atom stereocenters. The van der Waals surface area contributed by atoms with Crippen LogP contribution in [0.2, 0.25) is 0 Å². The molecule has 1 rings (SSSR count). The monoisotopic (exact) mass is 228 g/mol. The lowest BCUT2D eigenvalue weighted by Crippen LogP contribution is -1.95. The number of aryl methyl sites for hydroxylation is 1. The first kappa shape index (κ1) is 11.9. The van der Waals surface area contributed by atoms with Crippen molar-refractivity contribution in [3.05, 3.63) is 27.9 Å². The Morgan fingerprint density at radius 3 is 2.87 bits per heavy atom. The van der Waals surface area contributed by atoms with E-state index in [1.165, 1.54) is 17.8 Å². The molecule has 0 aliphatic heterocycles. The molecule has 6 heteroatoms. The maximum Gasteiger partial charge on any atom is 0.290 e. The summed E-state index contributed by atoms with van der Waals surface area (Å²) in [5, 5.41) is 19.9. The predicted molar refractivity (Wildman–Crippen MR) is 58.1 cm³/mol. The van der Waals surface area contributed by atoms with E-state index in [1.807, 2.05) is 0 Å². The highest BCUT2D eigenvalue weighted by Crippen LogP contribution is 2.22. The normalized spacial score (nSPS) is 10.3. The molecule has 15 heavy (non-hydrogen) atoms. The topological polar surface area (TPSA) is 76.3 Å². The molecule has 0 saturated carbocycles. The minimum Gasteiger partial charge on any atom is -0.396 e. The van der Waals surface area contributed by atoms with Crippen molar-refractivity contribution in [2.45, 2.75) is 18.4 Å². The van der Waals surface area contributed by atoms with E-state index in [-0.39, 0.29) is 12.3 Å². The maximum absolute atomic E-state index is 10.5. The van der Waals surface area contributed by atoms with E-state index < -0.39 is 4.92 Å². The first-order chi connectivity index (χ1) is 7.15. The Hall–Kier alpha value is -1.14. The number of thioether (sulfide) groups is 1. The van der Waals surface area contributed by atoms with Gasteiger partial charge in [-0.2, -0.15) is 0 Å². The molecule has 0 unspecified atom stereocenters. The van der Waals surface area contributed by atoms with Crippen LogP contribution >= 0.6 is 11.8 Å². The summed E-state index contributed by atoms with van der Waals surface area (Å²) < 4.78 is 0. The van der Waals surface area contributed by atoms with E-state index in [9.17, 15) is 10.1 Å². The van der Waals surface area contributed by atoms with Gasteiger partial charge in [0, 0.05) is 18.4 Å². The van der Waals surface area contributed by atoms with Crippen LogP contribution in [0.1, 0.15) is 12.1 Å². The second-order valence-electron chi connectivity index (χ2n) is 2.94. The fourth-order valence-corrected chi connectivity index (χ4v) is 1.89. The molecule has 82 valence electrons. The second kappa shape index (κ2) is 5.67. The van der Waals surface area contributed by atoms with E-state index in [1.54, 1.807) is 13.0 Å². The van der Waals surface area contributed by atoms with E-state index in [0.29, 0.717) is 12.1 Å². The Morgan fingerprint density at radius 1 is 1.60 bits per heavy atom. The lowest BCUT2D eigenvalue weighted by atomic mass is 10.3. The van der Waals surface area contributed by atoms with Crippen LogP contribution in [-0.2, 0) is 0 Å². The summed E-state index contributed by atoms with van der Waals surface area (Å²) >= 11 is 1.49. The molecule has 1 N–H and O–H groups in total. The molecule has 0 aromatic carbocycles. The van der Waals surface area contributed by atoms with Gasteiger partial charge in [0.05, 0.1) is 9.95 Å². The number of nitrogens with zero attached hydrogens (tertiary/aromatic N) is 2. The molecule has 0 aliphatic carbocycles. The van der Waals surface area contributed by atoms with Gasteiger partial charge < -0.3 is 5.11 Å². The van der Waals surface area contributed by atoms with Gasteiger partial charge in [0.15, 0.2) is 0 Å². The van der Waals surface area contributed by atoms with Crippen molar-refractivity contribution in [1.29, 1.82) is 0 Å². The molecule has 0 fully saturated rings. The molecule has 0 saturated heterocycles.